The summed E-state index contributed by atoms with van der Waals surface area (Å²) in [4.78, 5) is 12.0. The average molecular weight is 252 g/mol. The Bertz CT molecular complexity index is 393. The van der Waals surface area contributed by atoms with Gasteiger partial charge in [-0.3, -0.25) is 4.79 Å². The highest BCUT2D eigenvalue weighted by molar-refractivity contribution is 7.98. The van der Waals surface area contributed by atoms with Crippen LogP contribution in [0, 0.1) is 6.92 Å². The summed E-state index contributed by atoms with van der Waals surface area (Å²) in [5.41, 5.74) is 8.09. The van der Waals surface area contributed by atoms with Crippen LogP contribution in [0.1, 0.15) is 29.3 Å². The number of anilines is 1. The van der Waals surface area contributed by atoms with Crippen molar-refractivity contribution in [3.63, 3.8) is 0 Å². The zero-order valence-corrected chi connectivity index (χ0v) is 11.4. The van der Waals surface area contributed by atoms with Crippen LogP contribution in [0.15, 0.2) is 18.2 Å². The van der Waals surface area contributed by atoms with Crippen LogP contribution >= 0.6 is 11.8 Å². The minimum atomic E-state index is -0.0439. The van der Waals surface area contributed by atoms with Crippen LogP contribution in [0.2, 0.25) is 0 Å². The highest BCUT2D eigenvalue weighted by Gasteiger charge is 2.12. The molecule has 0 aliphatic heterocycles. The number of amides is 1. The number of benzene rings is 1. The molecule has 0 aliphatic carbocycles. The molecular formula is C13H20N2OS. The number of nitrogens with two attached hydrogens (primary N) is 1. The highest BCUT2D eigenvalue weighted by Crippen LogP contribution is 2.13. The Morgan fingerprint density at radius 2 is 2.24 bits per heavy atom. The normalized spacial score (nSPS) is 12.2. The number of hydrogen-bond acceptors (Lipinski definition) is 3. The van der Waals surface area contributed by atoms with E-state index in [1.165, 1.54) is 0 Å². The second-order valence-electron chi connectivity index (χ2n) is 4.11. The molecule has 17 heavy (non-hydrogen) atoms. The van der Waals surface area contributed by atoms with Crippen LogP contribution in [0.25, 0.3) is 0 Å². The molecule has 3 N–H and O–H groups in total. The Hall–Kier alpha value is -1.16. The van der Waals surface area contributed by atoms with Gasteiger partial charge in [0.1, 0.15) is 0 Å². The largest absolute Gasteiger partial charge is 0.398 e. The fourth-order valence-corrected chi connectivity index (χ4v) is 2.23. The summed E-state index contributed by atoms with van der Waals surface area (Å²) in [5.74, 6) is 0.890. The summed E-state index contributed by atoms with van der Waals surface area (Å²) >= 11 is 1.74. The van der Waals surface area contributed by atoms with Crippen LogP contribution in [-0.2, 0) is 0 Å². The van der Waals surface area contributed by atoms with Crippen molar-refractivity contribution in [2.24, 2.45) is 0 Å². The van der Waals surface area contributed by atoms with Crippen LogP contribution in [0.5, 0.6) is 0 Å². The molecular weight excluding hydrogens is 232 g/mol. The van der Waals surface area contributed by atoms with Crippen LogP contribution in [0.3, 0.4) is 0 Å². The molecule has 1 aromatic rings. The Labute approximate surface area is 107 Å². The van der Waals surface area contributed by atoms with Gasteiger partial charge in [0.15, 0.2) is 0 Å². The first-order valence-electron chi connectivity index (χ1n) is 5.74. The topological polar surface area (TPSA) is 55.1 Å². The van der Waals surface area contributed by atoms with Crippen molar-refractivity contribution in [1.82, 2.24) is 5.32 Å². The van der Waals surface area contributed by atoms with Gasteiger partial charge in [-0.15, -0.1) is 0 Å². The van der Waals surface area contributed by atoms with Gasteiger partial charge in [0.25, 0.3) is 5.91 Å². The number of carbonyl (C=O) groups is 1. The fraction of sp³-hybridized carbons (Fsp3) is 0.462. The summed E-state index contributed by atoms with van der Waals surface area (Å²) < 4.78 is 0. The van der Waals surface area contributed by atoms with Gasteiger partial charge in [0, 0.05) is 23.0 Å². The molecule has 0 heterocycles. The Morgan fingerprint density at radius 1 is 1.53 bits per heavy atom. The lowest BCUT2D eigenvalue weighted by Crippen LogP contribution is -2.36. The standard InChI is InChI=1S/C13H20N2OS/c1-4-11(8-17-3)15-13(16)10-6-5-9(2)12(14)7-10/h5-7,11H,4,8,14H2,1-3H3,(H,15,16). The minimum absolute atomic E-state index is 0.0439. The van der Waals surface area contributed by atoms with Crippen molar-refractivity contribution in [2.75, 3.05) is 17.7 Å². The smallest absolute Gasteiger partial charge is 0.251 e. The number of nitrogens with one attached hydrogen (secondary N) is 1. The van der Waals surface area contributed by atoms with E-state index in [1.807, 2.05) is 25.3 Å². The van der Waals surface area contributed by atoms with E-state index in [-0.39, 0.29) is 11.9 Å². The van der Waals surface area contributed by atoms with E-state index in [1.54, 1.807) is 17.8 Å². The van der Waals surface area contributed by atoms with Crippen molar-refractivity contribution in [3.05, 3.63) is 29.3 Å². The molecule has 1 aromatic carbocycles. The van der Waals surface area contributed by atoms with E-state index in [0.717, 1.165) is 17.7 Å². The first-order chi connectivity index (χ1) is 8.08. The first-order valence-corrected chi connectivity index (χ1v) is 7.13. The van der Waals surface area contributed by atoms with Gasteiger partial charge >= 0.3 is 0 Å². The number of hydrogen-bond donors (Lipinski definition) is 2. The van der Waals surface area contributed by atoms with Crippen LogP contribution < -0.4 is 11.1 Å². The van der Waals surface area contributed by atoms with Crippen LogP contribution in [-0.4, -0.2) is 24.0 Å². The van der Waals surface area contributed by atoms with E-state index in [2.05, 4.69) is 12.2 Å². The lowest BCUT2D eigenvalue weighted by Gasteiger charge is -2.16. The summed E-state index contributed by atoms with van der Waals surface area (Å²) in [5, 5.41) is 3.02. The molecule has 0 saturated carbocycles. The van der Waals surface area contributed by atoms with E-state index in [4.69, 9.17) is 5.73 Å². The number of rotatable bonds is 5. The molecule has 1 unspecified atom stereocenters. The molecule has 1 atom stereocenters. The van der Waals surface area contributed by atoms with Crippen molar-refractivity contribution >= 4 is 23.4 Å². The molecule has 3 nitrogen and oxygen atoms in total. The predicted molar refractivity (Wildman–Crippen MR) is 75.5 cm³/mol. The maximum Gasteiger partial charge on any atom is 0.251 e. The maximum atomic E-state index is 12.0. The minimum Gasteiger partial charge on any atom is -0.398 e. The van der Waals surface area contributed by atoms with Gasteiger partial charge in [-0.05, 0) is 37.3 Å². The molecule has 0 fully saturated rings. The maximum absolute atomic E-state index is 12.0. The third-order valence-corrected chi connectivity index (χ3v) is 3.47. The van der Waals surface area contributed by atoms with Gasteiger partial charge in [0.2, 0.25) is 0 Å². The number of nitrogen functional groups attached to an aromatic ring is 1. The van der Waals surface area contributed by atoms with E-state index < -0.39 is 0 Å². The van der Waals surface area contributed by atoms with Crippen molar-refractivity contribution < 1.29 is 4.79 Å². The molecule has 94 valence electrons. The molecule has 0 aliphatic rings. The van der Waals surface area contributed by atoms with Gasteiger partial charge in [-0.1, -0.05) is 13.0 Å². The quantitative estimate of drug-likeness (QED) is 0.791. The van der Waals surface area contributed by atoms with E-state index in [0.29, 0.717) is 11.3 Å². The van der Waals surface area contributed by atoms with Gasteiger partial charge < -0.3 is 11.1 Å². The Kier molecular flexibility index (Phi) is 5.35. The second-order valence-corrected chi connectivity index (χ2v) is 5.02. The van der Waals surface area contributed by atoms with Crippen molar-refractivity contribution in [1.29, 1.82) is 0 Å². The van der Waals surface area contributed by atoms with E-state index >= 15 is 0 Å². The Morgan fingerprint density at radius 3 is 2.76 bits per heavy atom. The number of thioether (sulfide) groups is 1. The summed E-state index contributed by atoms with van der Waals surface area (Å²) in [7, 11) is 0. The zero-order valence-electron chi connectivity index (χ0n) is 10.6. The number of aryl methyl sites for hydroxylation is 1. The summed E-state index contributed by atoms with van der Waals surface area (Å²) in [6.07, 6.45) is 2.98. The third-order valence-electron chi connectivity index (χ3n) is 2.74. The molecule has 0 aromatic heterocycles. The Balaban J connectivity index is 2.72. The molecule has 0 spiro atoms. The third kappa shape index (κ3) is 3.97. The van der Waals surface area contributed by atoms with Crippen molar-refractivity contribution in [2.45, 2.75) is 26.3 Å². The highest BCUT2D eigenvalue weighted by atomic mass is 32.2. The number of carbonyl (C=O) groups excluding carboxylic acids is 1. The van der Waals surface area contributed by atoms with E-state index in [9.17, 15) is 4.79 Å². The second kappa shape index (κ2) is 6.55. The van der Waals surface area contributed by atoms with Gasteiger partial charge in [-0.25, -0.2) is 0 Å². The first kappa shape index (κ1) is 13.9. The summed E-state index contributed by atoms with van der Waals surface area (Å²) in [6, 6.07) is 5.64. The lowest BCUT2D eigenvalue weighted by molar-refractivity contribution is 0.0940. The molecule has 1 amide bonds. The molecule has 0 saturated heterocycles. The SMILES string of the molecule is CCC(CSC)NC(=O)c1ccc(C)c(N)c1. The van der Waals surface area contributed by atoms with Crippen LogP contribution in [0.4, 0.5) is 5.69 Å². The monoisotopic (exact) mass is 252 g/mol. The molecule has 1 rings (SSSR count). The van der Waals surface area contributed by atoms with Gasteiger partial charge in [-0.2, -0.15) is 11.8 Å². The van der Waals surface area contributed by atoms with Crippen molar-refractivity contribution in [3.8, 4) is 0 Å². The fourth-order valence-electron chi connectivity index (χ4n) is 1.51. The molecule has 0 bridgehead atoms. The van der Waals surface area contributed by atoms with Gasteiger partial charge in [0.05, 0.1) is 0 Å². The zero-order chi connectivity index (χ0) is 12.8. The summed E-state index contributed by atoms with van der Waals surface area (Å²) in [6.45, 7) is 4.00. The predicted octanol–water partition coefficient (Wildman–Crippen LogP) is 2.45. The molecule has 0 radical (unpaired) electrons. The molecule has 4 heteroatoms. The lowest BCUT2D eigenvalue weighted by atomic mass is 10.1. The average Bonchev–Trinajstić information content (AvgIpc) is 2.31.